The molecule has 2 aliphatic rings. The van der Waals surface area contributed by atoms with Crippen LogP contribution in [0.2, 0.25) is 0 Å². The Bertz CT molecular complexity index is 1100. The van der Waals surface area contributed by atoms with Crippen molar-refractivity contribution in [2.45, 2.75) is 84.6 Å². The van der Waals surface area contributed by atoms with Gasteiger partial charge in [-0.2, -0.15) is 9.97 Å². The topological polar surface area (TPSA) is 113 Å². The highest BCUT2D eigenvalue weighted by atomic mass is 16.5. The van der Waals surface area contributed by atoms with E-state index in [1.165, 1.54) is 11.3 Å². The fourth-order valence-corrected chi connectivity index (χ4v) is 4.61. The highest BCUT2D eigenvalue weighted by Gasteiger charge is 2.30. The average Bonchev–Trinajstić information content (AvgIpc) is 3.27. The highest BCUT2D eigenvalue weighted by Crippen LogP contribution is 2.30. The third kappa shape index (κ3) is 6.00. The van der Waals surface area contributed by atoms with E-state index in [4.69, 9.17) is 9.73 Å². The minimum Gasteiger partial charge on any atom is -0.460 e. The van der Waals surface area contributed by atoms with Gasteiger partial charge in [0, 0.05) is 42.5 Å². The molecule has 0 aliphatic carbocycles. The van der Waals surface area contributed by atoms with Gasteiger partial charge in [-0.25, -0.2) is 0 Å². The number of ether oxygens (including phenoxy) is 1. The predicted molar refractivity (Wildman–Crippen MR) is 140 cm³/mol. The number of amides is 1. The van der Waals surface area contributed by atoms with Crippen LogP contribution in [-0.4, -0.2) is 62.5 Å². The molecular weight excluding hydrogens is 456 g/mol. The van der Waals surface area contributed by atoms with Gasteiger partial charge in [0.1, 0.15) is 11.5 Å². The molecule has 2 aromatic rings. The van der Waals surface area contributed by atoms with Gasteiger partial charge in [-0.3, -0.25) is 14.8 Å². The fraction of sp³-hybridized carbons (Fsp3) is 0.593. The van der Waals surface area contributed by atoms with Gasteiger partial charge in [0.25, 0.3) is 5.91 Å². The number of hydrogen-bond acceptors (Lipinski definition) is 8. The van der Waals surface area contributed by atoms with E-state index in [1.54, 1.807) is 26.8 Å². The summed E-state index contributed by atoms with van der Waals surface area (Å²) >= 11 is 0. The third-order valence-electron chi connectivity index (χ3n) is 7.10. The molecule has 0 unspecified atom stereocenters. The average molecular weight is 495 g/mol. The summed E-state index contributed by atoms with van der Waals surface area (Å²) in [7, 11) is 0. The molecule has 1 saturated heterocycles. The smallest absolute Gasteiger partial charge is 0.319 e. The van der Waals surface area contributed by atoms with Crippen LogP contribution in [0.25, 0.3) is 0 Å². The van der Waals surface area contributed by atoms with E-state index in [0.29, 0.717) is 18.3 Å². The van der Waals surface area contributed by atoms with E-state index < -0.39 is 11.6 Å². The Hall–Kier alpha value is -3.07. The number of pyridine rings is 1. The van der Waals surface area contributed by atoms with Crippen LogP contribution in [0.3, 0.4) is 0 Å². The summed E-state index contributed by atoms with van der Waals surface area (Å²) in [4.78, 5) is 33.6. The van der Waals surface area contributed by atoms with E-state index in [2.05, 4.69) is 38.2 Å². The maximum Gasteiger partial charge on any atom is 0.319 e. The molecule has 4 rings (SSSR count). The lowest BCUT2D eigenvalue weighted by Gasteiger charge is -2.33. The number of aliphatic hydroxyl groups is 1. The summed E-state index contributed by atoms with van der Waals surface area (Å²) < 4.78 is 5.99. The van der Waals surface area contributed by atoms with E-state index >= 15 is 0 Å². The summed E-state index contributed by atoms with van der Waals surface area (Å²) in [6.45, 7) is 11.4. The van der Waals surface area contributed by atoms with Gasteiger partial charge in [-0.05, 0) is 59.1 Å². The normalized spacial score (nSPS) is 17.8. The Morgan fingerprint density at radius 1 is 1.28 bits per heavy atom. The van der Waals surface area contributed by atoms with Gasteiger partial charge in [0.15, 0.2) is 0 Å². The Morgan fingerprint density at radius 3 is 2.72 bits per heavy atom. The number of nitrogens with one attached hydrogen (secondary N) is 1. The number of hydrogen-bond donors (Lipinski definition) is 2. The maximum absolute atomic E-state index is 13.0. The number of aliphatic imine (C=N–C) groups is 1. The first-order valence-corrected chi connectivity index (χ1v) is 13.0. The minimum atomic E-state index is -1.06. The number of carbonyl (C=O) groups excluding carboxylic acids is 1. The van der Waals surface area contributed by atoms with Crippen molar-refractivity contribution in [2.24, 2.45) is 10.9 Å². The van der Waals surface area contributed by atoms with Gasteiger partial charge < -0.3 is 20.1 Å². The van der Waals surface area contributed by atoms with E-state index in [9.17, 15) is 9.90 Å². The van der Waals surface area contributed by atoms with E-state index in [-0.39, 0.29) is 23.7 Å². The van der Waals surface area contributed by atoms with Crippen LogP contribution < -0.4 is 15.0 Å². The van der Waals surface area contributed by atoms with Crippen molar-refractivity contribution in [3.05, 3.63) is 41.3 Å². The molecular formula is C27H38N6O3. The second-order valence-corrected chi connectivity index (χ2v) is 10.4. The fourth-order valence-electron chi connectivity index (χ4n) is 4.61. The number of fused-ring (bicyclic) bond motifs is 1. The van der Waals surface area contributed by atoms with Crippen molar-refractivity contribution in [2.75, 3.05) is 18.0 Å². The molecule has 2 aromatic heterocycles. The highest BCUT2D eigenvalue weighted by molar-refractivity contribution is 6.04. The lowest BCUT2D eigenvalue weighted by molar-refractivity contribution is 0.0407. The maximum atomic E-state index is 13.0. The molecule has 1 amide bonds. The monoisotopic (exact) mass is 494 g/mol. The standard InChI is InChI=1S/C27H38N6O3/c1-6-8-17(2)36-26-31-21(25(34)30-18(3)27(4,5)35)15-23(32-26)33-13-10-19(11-14-33)24-20-9-7-12-28-22(20)16-29-24/h7,9,12,15,17-19,35H,6,8,10-11,13-14,16H2,1-5H3,(H,30,34)/t17-,18-/m1/s1. The first-order chi connectivity index (χ1) is 17.2. The molecule has 36 heavy (non-hydrogen) atoms. The van der Waals surface area contributed by atoms with Crippen LogP contribution in [0.1, 0.15) is 82.0 Å². The molecule has 0 spiro atoms. The molecule has 4 heterocycles. The summed E-state index contributed by atoms with van der Waals surface area (Å²) in [5.74, 6) is 0.698. The second-order valence-electron chi connectivity index (χ2n) is 10.4. The molecule has 1 fully saturated rings. The van der Waals surface area contributed by atoms with E-state index in [0.717, 1.165) is 44.5 Å². The zero-order valence-electron chi connectivity index (χ0n) is 22.0. The zero-order valence-corrected chi connectivity index (χ0v) is 22.0. The van der Waals surface area contributed by atoms with Crippen LogP contribution in [0.4, 0.5) is 5.82 Å². The van der Waals surface area contributed by atoms with Gasteiger partial charge in [0.2, 0.25) is 0 Å². The Balaban J connectivity index is 1.51. The molecule has 194 valence electrons. The SMILES string of the molecule is CCC[C@@H](C)Oc1nc(C(=O)N[C@H](C)C(C)(C)O)cc(N2CCC(C3=NCc4ncccc43)CC2)n1. The number of carbonyl (C=O) groups is 1. The second kappa shape index (κ2) is 10.9. The molecule has 9 heteroatoms. The molecule has 0 radical (unpaired) electrons. The summed E-state index contributed by atoms with van der Waals surface area (Å²) in [5.41, 5.74) is 2.58. The summed E-state index contributed by atoms with van der Waals surface area (Å²) in [5, 5.41) is 13.1. The molecule has 0 aromatic carbocycles. The Labute approximate surface area is 213 Å². The van der Waals surface area contributed by atoms with Crippen molar-refractivity contribution >= 4 is 17.4 Å². The minimum absolute atomic E-state index is 0.0590. The lowest BCUT2D eigenvalue weighted by atomic mass is 9.88. The van der Waals surface area contributed by atoms with Gasteiger partial charge in [0.05, 0.1) is 30.0 Å². The Morgan fingerprint density at radius 2 is 2.03 bits per heavy atom. The van der Waals surface area contributed by atoms with Gasteiger partial charge >= 0.3 is 6.01 Å². The summed E-state index contributed by atoms with van der Waals surface area (Å²) in [6, 6.07) is 5.56. The van der Waals surface area contributed by atoms with Crippen LogP contribution in [0.15, 0.2) is 29.4 Å². The van der Waals surface area contributed by atoms with Crippen molar-refractivity contribution in [3.63, 3.8) is 0 Å². The van der Waals surface area contributed by atoms with Crippen LogP contribution in [0, 0.1) is 5.92 Å². The van der Waals surface area contributed by atoms with Crippen LogP contribution in [0.5, 0.6) is 6.01 Å². The van der Waals surface area contributed by atoms with Crippen molar-refractivity contribution in [1.82, 2.24) is 20.3 Å². The largest absolute Gasteiger partial charge is 0.460 e. The van der Waals surface area contributed by atoms with Crippen LogP contribution >= 0.6 is 0 Å². The van der Waals surface area contributed by atoms with Crippen molar-refractivity contribution in [3.8, 4) is 6.01 Å². The van der Waals surface area contributed by atoms with Gasteiger partial charge in [-0.15, -0.1) is 0 Å². The van der Waals surface area contributed by atoms with Crippen molar-refractivity contribution < 1.29 is 14.6 Å². The molecule has 0 saturated carbocycles. The van der Waals surface area contributed by atoms with Crippen molar-refractivity contribution in [1.29, 1.82) is 0 Å². The lowest BCUT2D eigenvalue weighted by Crippen LogP contribution is -2.47. The van der Waals surface area contributed by atoms with E-state index in [1.807, 2.05) is 19.2 Å². The molecule has 2 atom stereocenters. The zero-order chi connectivity index (χ0) is 25.9. The first kappa shape index (κ1) is 26.0. The quantitative estimate of drug-likeness (QED) is 0.548. The predicted octanol–water partition coefficient (Wildman–Crippen LogP) is 3.55. The van der Waals surface area contributed by atoms with Gasteiger partial charge in [-0.1, -0.05) is 13.3 Å². The number of aromatic nitrogens is 3. The third-order valence-corrected chi connectivity index (χ3v) is 7.10. The number of rotatable bonds is 9. The molecule has 2 N–H and O–H groups in total. The molecule has 2 aliphatic heterocycles. The number of anilines is 1. The number of piperidine rings is 1. The van der Waals surface area contributed by atoms with Crippen LogP contribution in [-0.2, 0) is 6.54 Å². The molecule has 9 nitrogen and oxygen atoms in total. The first-order valence-electron chi connectivity index (χ1n) is 13.0. The molecule has 0 bridgehead atoms. The Kier molecular flexibility index (Phi) is 7.88. The summed E-state index contributed by atoms with van der Waals surface area (Å²) in [6.07, 6.45) is 5.50. The number of nitrogens with zero attached hydrogens (tertiary/aromatic N) is 5.